The normalized spacial score (nSPS) is 26.6. The molecule has 1 aliphatic heterocycles. The summed E-state index contributed by atoms with van der Waals surface area (Å²) < 4.78 is 5.28. The maximum atomic E-state index is 5.99. The van der Waals surface area contributed by atoms with Crippen LogP contribution in [0.1, 0.15) is 39.4 Å². The standard InChI is InChI=1S/C12H22N4O/c1-8-5-16(6-9(8)13)7-10-14-11(15-17-10)12(2,3)4/h8-9H,5-7,13H2,1-4H3. The zero-order chi connectivity index (χ0) is 12.6. The fourth-order valence-corrected chi connectivity index (χ4v) is 2.04. The number of rotatable bonds is 2. The van der Waals surface area contributed by atoms with Crippen LogP contribution in [0, 0.1) is 5.92 Å². The molecular weight excluding hydrogens is 216 g/mol. The molecule has 0 bridgehead atoms. The first-order valence-corrected chi connectivity index (χ1v) is 6.17. The Hall–Kier alpha value is -0.940. The van der Waals surface area contributed by atoms with Crippen LogP contribution >= 0.6 is 0 Å². The van der Waals surface area contributed by atoms with Crippen LogP contribution in [-0.2, 0) is 12.0 Å². The van der Waals surface area contributed by atoms with E-state index in [9.17, 15) is 0 Å². The summed E-state index contributed by atoms with van der Waals surface area (Å²) >= 11 is 0. The average Bonchev–Trinajstić information content (AvgIpc) is 2.75. The molecule has 0 aromatic carbocycles. The maximum absolute atomic E-state index is 5.99. The second-order valence-electron chi connectivity index (χ2n) is 6.10. The van der Waals surface area contributed by atoms with E-state index < -0.39 is 0 Å². The predicted molar refractivity (Wildman–Crippen MR) is 65.4 cm³/mol. The minimum atomic E-state index is -0.0591. The van der Waals surface area contributed by atoms with E-state index in [-0.39, 0.29) is 11.5 Å². The average molecular weight is 238 g/mol. The lowest BCUT2D eigenvalue weighted by Gasteiger charge is -2.12. The summed E-state index contributed by atoms with van der Waals surface area (Å²) in [6.45, 7) is 11.0. The van der Waals surface area contributed by atoms with Crippen LogP contribution in [0.15, 0.2) is 4.52 Å². The van der Waals surface area contributed by atoms with Crippen LogP contribution in [0.25, 0.3) is 0 Å². The van der Waals surface area contributed by atoms with Gasteiger partial charge in [0, 0.05) is 24.5 Å². The first kappa shape index (κ1) is 12.5. The molecule has 2 N–H and O–H groups in total. The van der Waals surface area contributed by atoms with E-state index in [0.717, 1.165) is 18.9 Å². The summed E-state index contributed by atoms with van der Waals surface area (Å²) in [6, 6.07) is 0.264. The topological polar surface area (TPSA) is 68.2 Å². The number of nitrogens with two attached hydrogens (primary N) is 1. The number of hydrogen-bond acceptors (Lipinski definition) is 5. The lowest BCUT2D eigenvalue weighted by atomic mass is 9.96. The fraction of sp³-hybridized carbons (Fsp3) is 0.833. The van der Waals surface area contributed by atoms with E-state index in [1.54, 1.807) is 0 Å². The summed E-state index contributed by atoms with van der Waals surface area (Å²) in [5.74, 6) is 2.00. The number of hydrogen-bond donors (Lipinski definition) is 1. The molecule has 0 saturated carbocycles. The Labute approximate surface area is 102 Å². The highest BCUT2D eigenvalue weighted by molar-refractivity contribution is 5.00. The predicted octanol–water partition coefficient (Wildman–Crippen LogP) is 1.15. The minimum Gasteiger partial charge on any atom is -0.338 e. The van der Waals surface area contributed by atoms with Gasteiger partial charge in [-0.1, -0.05) is 32.9 Å². The lowest BCUT2D eigenvalue weighted by Crippen LogP contribution is -2.28. The van der Waals surface area contributed by atoms with E-state index in [1.807, 2.05) is 0 Å². The Morgan fingerprint density at radius 2 is 2.12 bits per heavy atom. The monoisotopic (exact) mass is 238 g/mol. The summed E-state index contributed by atoms with van der Waals surface area (Å²) in [5.41, 5.74) is 5.93. The van der Waals surface area contributed by atoms with Gasteiger partial charge < -0.3 is 10.3 Å². The Bertz CT molecular complexity index is 372. The van der Waals surface area contributed by atoms with Gasteiger partial charge in [-0.2, -0.15) is 4.98 Å². The molecule has 5 heteroatoms. The molecule has 5 nitrogen and oxygen atoms in total. The van der Waals surface area contributed by atoms with Gasteiger partial charge in [-0.25, -0.2) is 0 Å². The van der Waals surface area contributed by atoms with E-state index >= 15 is 0 Å². The van der Waals surface area contributed by atoms with Crippen molar-refractivity contribution in [3.8, 4) is 0 Å². The smallest absolute Gasteiger partial charge is 0.240 e. The quantitative estimate of drug-likeness (QED) is 0.837. The van der Waals surface area contributed by atoms with Crippen molar-refractivity contribution in [3.05, 3.63) is 11.7 Å². The first-order valence-electron chi connectivity index (χ1n) is 6.17. The zero-order valence-electron chi connectivity index (χ0n) is 11.1. The third-order valence-corrected chi connectivity index (χ3v) is 3.24. The van der Waals surface area contributed by atoms with Crippen LogP contribution in [0.3, 0.4) is 0 Å². The zero-order valence-corrected chi connectivity index (χ0v) is 11.1. The molecule has 0 radical (unpaired) electrons. The van der Waals surface area contributed by atoms with Gasteiger partial charge in [0.05, 0.1) is 6.54 Å². The van der Waals surface area contributed by atoms with Crippen molar-refractivity contribution in [2.45, 2.75) is 45.7 Å². The summed E-state index contributed by atoms with van der Waals surface area (Å²) in [5, 5.41) is 4.02. The molecule has 1 aromatic heterocycles. The van der Waals surface area contributed by atoms with Crippen molar-refractivity contribution in [3.63, 3.8) is 0 Å². The molecule has 96 valence electrons. The van der Waals surface area contributed by atoms with E-state index in [1.165, 1.54) is 0 Å². The van der Waals surface area contributed by atoms with Crippen molar-refractivity contribution in [2.75, 3.05) is 13.1 Å². The van der Waals surface area contributed by atoms with Gasteiger partial charge in [0.2, 0.25) is 5.89 Å². The molecular formula is C12H22N4O. The third kappa shape index (κ3) is 2.84. The molecule has 0 spiro atoms. The van der Waals surface area contributed by atoms with Gasteiger partial charge in [-0.3, -0.25) is 4.90 Å². The molecule has 2 atom stereocenters. The van der Waals surface area contributed by atoms with Crippen LogP contribution in [-0.4, -0.2) is 34.2 Å². The van der Waals surface area contributed by atoms with E-state index in [0.29, 0.717) is 18.4 Å². The molecule has 2 unspecified atom stereocenters. The van der Waals surface area contributed by atoms with E-state index in [4.69, 9.17) is 10.3 Å². The van der Waals surface area contributed by atoms with Gasteiger partial charge >= 0.3 is 0 Å². The largest absolute Gasteiger partial charge is 0.338 e. The van der Waals surface area contributed by atoms with Gasteiger partial charge in [-0.15, -0.1) is 0 Å². The van der Waals surface area contributed by atoms with Gasteiger partial charge in [0.15, 0.2) is 5.82 Å². The Morgan fingerprint density at radius 3 is 2.59 bits per heavy atom. The molecule has 2 heterocycles. The highest BCUT2D eigenvalue weighted by atomic mass is 16.5. The number of aromatic nitrogens is 2. The highest BCUT2D eigenvalue weighted by Crippen LogP contribution is 2.20. The molecule has 0 amide bonds. The van der Waals surface area contributed by atoms with Crippen molar-refractivity contribution in [2.24, 2.45) is 11.7 Å². The Balaban J connectivity index is 1.98. The Morgan fingerprint density at radius 1 is 1.41 bits per heavy atom. The third-order valence-electron chi connectivity index (χ3n) is 3.24. The molecule has 1 saturated heterocycles. The van der Waals surface area contributed by atoms with Gasteiger partial charge in [-0.05, 0) is 5.92 Å². The highest BCUT2D eigenvalue weighted by Gasteiger charge is 2.28. The molecule has 1 fully saturated rings. The number of likely N-dealkylation sites (tertiary alicyclic amines) is 1. The first-order chi connectivity index (χ1) is 7.86. The van der Waals surface area contributed by atoms with Crippen molar-refractivity contribution in [1.29, 1.82) is 0 Å². The minimum absolute atomic E-state index is 0.0591. The summed E-state index contributed by atoms with van der Waals surface area (Å²) in [6.07, 6.45) is 0. The summed E-state index contributed by atoms with van der Waals surface area (Å²) in [7, 11) is 0. The van der Waals surface area contributed by atoms with Gasteiger partial charge in [0.1, 0.15) is 0 Å². The fourth-order valence-electron chi connectivity index (χ4n) is 2.04. The second kappa shape index (κ2) is 4.38. The van der Waals surface area contributed by atoms with Crippen LogP contribution in [0.2, 0.25) is 0 Å². The van der Waals surface area contributed by atoms with Crippen LogP contribution < -0.4 is 5.73 Å². The summed E-state index contributed by atoms with van der Waals surface area (Å²) in [4.78, 5) is 6.71. The SMILES string of the molecule is CC1CN(Cc2nc(C(C)(C)C)no2)CC1N. The van der Waals surface area contributed by atoms with Crippen molar-refractivity contribution < 1.29 is 4.52 Å². The Kier molecular flexibility index (Phi) is 3.23. The van der Waals surface area contributed by atoms with Crippen molar-refractivity contribution >= 4 is 0 Å². The molecule has 17 heavy (non-hydrogen) atoms. The lowest BCUT2D eigenvalue weighted by molar-refractivity contribution is 0.260. The molecule has 1 aliphatic rings. The van der Waals surface area contributed by atoms with Crippen LogP contribution in [0.5, 0.6) is 0 Å². The maximum Gasteiger partial charge on any atom is 0.240 e. The molecule has 1 aromatic rings. The van der Waals surface area contributed by atoms with Gasteiger partial charge in [0.25, 0.3) is 0 Å². The second-order valence-corrected chi connectivity index (χ2v) is 6.10. The molecule has 2 rings (SSSR count). The van der Waals surface area contributed by atoms with Crippen LogP contribution in [0.4, 0.5) is 0 Å². The van der Waals surface area contributed by atoms with E-state index in [2.05, 4.69) is 42.7 Å². The van der Waals surface area contributed by atoms with Crippen molar-refractivity contribution in [1.82, 2.24) is 15.0 Å². The molecule has 0 aliphatic carbocycles. The number of nitrogens with zero attached hydrogens (tertiary/aromatic N) is 3.